The Balaban J connectivity index is 2.38. The first-order valence-electron chi connectivity index (χ1n) is 5.76. The summed E-state index contributed by atoms with van der Waals surface area (Å²) in [4.78, 5) is 10.6. The summed E-state index contributed by atoms with van der Waals surface area (Å²) in [6.45, 7) is 7.84. The molecular weight excluding hydrogens is 252 g/mol. The minimum absolute atomic E-state index is 0.198. The maximum atomic E-state index is 10.6. The standard InChI is InChI=1S/C12H15BClNO3/c1-11(2)12(3,4)18-13(17-11)8-6-5-7-9(15-16)10(8)14/h5-7H,1-4H3. The molecule has 96 valence electrons. The zero-order valence-electron chi connectivity index (χ0n) is 10.9. The third-order valence-electron chi connectivity index (χ3n) is 3.61. The van der Waals surface area contributed by atoms with Gasteiger partial charge in [-0.2, -0.15) is 0 Å². The van der Waals surface area contributed by atoms with E-state index in [1.807, 2.05) is 27.7 Å². The number of hydrogen-bond donors (Lipinski definition) is 0. The van der Waals surface area contributed by atoms with Crippen molar-refractivity contribution < 1.29 is 9.31 Å². The molecule has 0 aromatic heterocycles. The predicted octanol–water partition coefficient (Wildman–Crippen LogP) is 3.04. The second kappa shape index (κ2) is 4.33. The fourth-order valence-electron chi connectivity index (χ4n) is 1.76. The molecule has 1 aromatic rings. The van der Waals surface area contributed by atoms with E-state index in [0.29, 0.717) is 5.46 Å². The Kier molecular flexibility index (Phi) is 3.26. The van der Waals surface area contributed by atoms with Crippen molar-refractivity contribution in [1.29, 1.82) is 0 Å². The summed E-state index contributed by atoms with van der Waals surface area (Å²) < 4.78 is 11.8. The Morgan fingerprint density at radius 2 is 1.72 bits per heavy atom. The molecule has 0 saturated carbocycles. The fraction of sp³-hybridized carbons (Fsp3) is 0.500. The van der Waals surface area contributed by atoms with Crippen molar-refractivity contribution in [3.05, 3.63) is 28.1 Å². The number of halogens is 1. The quantitative estimate of drug-likeness (QED) is 0.611. The number of benzene rings is 1. The monoisotopic (exact) mass is 267 g/mol. The lowest BCUT2D eigenvalue weighted by atomic mass is 9.79. The molecule has 1 aromatic carbocycles. The molecule has 1 aliphatic heterocycles. The third kappa shape index (κ3) is 2.07. The van der Waals surface area contributed by atoms with Gasteiger partial charge in [0.2, 0.25) is 0 Å². The molecule has 18 heavy (non-hydrogen) atoms. The van der Waals surface area contributed by atoms with Gasteiger partial charge in [0, 0.05) is 5.46 Å². The average molecular weight is 268 g/mol. The van der Waals surface area contributed by atoms with E-state index in [4.69, 9.17) is 20.9 Å². The summed E-state index contributed by atoms with van der Waals surface area (Å²) in [6, 6.07) is 5.05. The van der Waals surface area contributed by atoms with E-state index in [0.717, 1.165) is 0 Å². The van der Waals surface area contributed by atoms with Gasteiger partial charge in [0.15, 0.2) is 0 Å². The summed E-state index contributed by atoms with van der Waals surface area (Å²) in [5.41, 5.74) is -0.0479. The Morgan fingerprint density at radius 1 is 1.17 bits per heavy atom. The van der Waals surface area contributed by atoms with Crippen LogP contribution in [0.1, 0.15) is 27.7 Å². The molecule has 1 fully saturated rings. The average Bonchev–Trinajstić information content (AvgIpc) is 2.48. The van der Waals surface area contributed by atoms with Gasteiger partial charge in [-0.25, -0.2) is 0 Å². The highest BCUT2D eigenvalue weighted by atomic mass is 35.5. The fourth-order valence-corrected chi connectivity index (χ4v) is 2.01. The molecular formula is C12H15BClNO3. The van der Waals surface area contributed by atoms with Gasteiger partial charge in [-0.3, -0.25) is 0 Å². The zero-order chi connectivity index (χ0) is 13.6. The van der Waals surface area contributed by atoms with Gasteiger partial charge in [-0.1, -0.05) is 23.7 Å². The summed E-state index contributed by atoms with van der Waals surface area (Å²) in [7, 11) is -0.579. The van der Waals surface area contributed by atoms with Crippen LogP contribution in [0.5, 0.6) is 0 Å². The Morgan fingerprint density at radius 3 is 2.22 bits per heavy atom. The maximum absolute atomic E-state index is 10.6. The van der Waals surface area contributed by atoms with Gasteiger partial charge in [0.05, 0.1) is 16.2 Å². The van der Waals surface area contributed by atoms with Crippen molar-refractivity contribution in [2.45, 2.75) is 38.9 Å². The SMILES string of the molecule is CC1(C)OB(c2cccc(N=O)c2Cl)OC1(C)C. The molecule has 0 unspecified atom stereocenters. The molecule has 1 saturated heterocycles. The van der Waals surface area contributed by atoms with E-state index in [-0.39, 0.29) is 10.7 Å². The summed E-state index contributed by atoms with van der Waals surface area (Å²) in [6.07, 6.45) is 0. The van der Waals surface area contributed by atoms with E-state index in [1.54, 1.807) is 18.2 Å². The number of nitrogens with zero attached hydrogens (tertiary/aromatic N) is 1. The van der Waals surface area contributed by atoms with Gasteiger partial charge in [0.1, 0.15) is 5.69 Å². The molecule has 0 bridgehead atoms. The van der Waals surface area contributed by atoms with Crippen LogP contribution in [-0.2, 0) is 9.31 Å². The van der Waals surface area contributed by atoms with Crippen LogP contribution in [0.4, 0.5) is 5.69 Å². The predicted molar refractivity (Wildman–Crippen MR) is 72.6 cm³/mol. The normalized spacial score (nSPS) is 21.1. The molecule has 4 nitrogen and oxygen atoms in total. The lowest BCUT2D eigenvalue weighted by molar-refractivity contribution is 0.00578. The third-order valence-corrected chi connectivity index (χ3v) is 4.03. The Bertz CT molecular complexity index is 474. The van der Waals surface area contributed by atoms with Crippen LogP contribution in [0, 0.1) is 4.91 Å². The van der Waals surface area contributed by atoms with E-state index in [9.17, 15) is 4.91 Å². The molecule has 6 heteroatoms. The van der Waals surface area contributed by atoms with Crippen LogP contribution in [0.3, 0.4) is 0 Å². The van der Waals surface area contributed by atoms with E-state index in [2.05, 4.69) is 5.18 Å². The highest BCUT2D eigenvalue weighted by Gasteiger charge is 2.52. The second-order valence-electron chi connectivity index (χ2n) is 5.36. The molecule has 1 aliphatic rings. The highest BCUT2D eigenvalue weighted by molar-refractivity contribution is 6.66. The van der Waals surface area contributed by atoms with Gasteiger partial charge >= 0.3 is 7.12 Å². The highest BCUT2D eigenvalue weighted by Crippen LogP contribution is 2.37. The second-order valence-corrected chi connectivity index (χ2v) is 5.74. The molecule has 0 radical (unpaired) electrons. The van der Waals surface area contributed by atoms with Gasteiger partial charge in [-0.05, 0) is 38.9 Å². The van der Waals surface area contributed by atoms with Crippen molar-refractivity contribution in [3.8, 4) is 0 Å². The first kappa shape index (κ1) is 13.5. The maximum Gasteiger partial charge on any atom is 0.496 e. The van der Waals surface area contributed by atoms with Crippen molar-refractivity contribution in [3.63, 3.8) is 0 Å². The van der Waals surface area contributed by atoms with Crippen LogP contribution >= 0.6 is 11.6 Å². The van der Waals surface area contributed by atoms with E-state index >= 15 is 0 Å². The van der Waals surface area contributed by atoms with Crippen molar-refractivity contribution in [2.75, 3.05) is 0 Å². The van der Waals surface area contributed by atoms with Gasteiger partial charge in [-0.15, -0.1) is 4.91 Å². The molecule has 1 heterocycles. The van der Waals surface area contributed by atoms with Crippen molar-refractivity contribution >= 4 is 29.9 Å². The first-order valence-corrected chi connectivity index (χ1v) is 6.14. The molecule has 0 aliphatic carbocycles. The molecule has 0 atom stereocenters. The van der Waals surface area contributed by atoms with Crippen LogP contribution in [0.15, 0.2) is 23.4 Å². The van der Waals surface area contributed by atoms with Crippen LogP contribution in [0.25, 0.3) is 0 Å². The summed E-state index contributed by atoms with van der Waals surface area (Å²) >= 11 is 6.12. The first-order chi connectivity index (χ1) is 8.28. The zero-order valence-corrected chi connectivity index (χ0v) is 11.6. The lowest BCUT2D eigenvalue weighted by Crippen LogP contribution is -2.41. The molecule has 0 spiro atoms. The van der Waals surface area contributed by atoms with E-state index in [1.165, 1.54) is 0 Å². The number of hydrogen-bond acceptors (Lipinski definition) is 4. The van der Waals surface area contributed by atoms with Crippen LogP contribution in [-0.4, -0.2) is 18.3 Å². The minimum atomic E-state index is -0.579. The van der Waals surface area contributed by atoms with Crippen molar-refractivity contribution in [2.24, 2.45) is 5.18 Å². The smallest absolute Gasteiger partial charge is 0.399 e. The number of rotatable bonds is 2. The van der Waals surface area contributed by atoms with Gasteiger partial charge < -0.3 is 9.31 Å². The van der Waals surface area contributed by atoms with Crippen LogP contribution in [0.2, 0.25) is 5.02 Å². The van der Waals surface area contributed by atoms with Crippen molar-refractivity contribution in [1.82, 2.24) is 0 Å². The minimum Gasteiger partial charge on any atom is -0.399 e. The summed E-state index contributed by atoms with van der Waals surface area (Å²) in [5.74, 6) is 0. The topological polar surface area (TPSA) is 47.9 Å². The Labute approximate surface area is 112 Å². The van der Waals surface area contributed by atoms with Crippen LogP contribution < -0.4 is 5.46 Å². The number of nitroso groups, excluding NO2 is 1. The molecule has 0 N–H and O–H groups in total. The lowest BCUT2D eigenvalue weighted by Gasteiger charge is -2.32. The van der Waals surface area contributed by atoms with E-state index < -0.39 is 18.3 Å². The molecule has 2 rings (SSSR count). The summed E-state index contributed by atoms with van der Waals surface area (Å²) in [5, 5.41) is 3.17. The Hall–Kier alpha value is -0.905. The largest absolute Gasteiger partial charge is 0.496 e. The van der Waals surface area contributed by atoms with Gasteiger partial charge in [0.25, 0.3) is 0 Å². The molecule has 0 amide bonds.